The van der Waals surface area contributed by atoms with Crippen molar-refractivity contribution in [3.05, 3.63) is 77.7 Å². The molecule has 3 aromatic heterocycles. The van der Waals surface area contributed by atoms with Crippen molar-refractivity contribution in [3.8, 4) is 0 Å². The Morgan fingerprint density at radius 3 is 2.22 bits per heavy atom. The maximum absolute atomic E-state index is 4.81. The molecule has 0 amide bonds. The minimum absolute atomic E-state index is 0.218. The smallest absolute Gasteiger partial charge is 0.131 e. The van der Waals surface area contributed by atoms with E-state index in [9.17, 15) is 0 Å². The molecular formula is C22H27N5. The average Bonchev–Trinajstić information content (AvgIpc) is 2.69. The zero-order chi connectivity index (χ0) is 19.2. The maximum atomic E-state index is 4.81. The fourth-order valence-corrected chi connectivity index (χ4v) is 3.13. The number of aromatic nitrogens is 5. The molecule has 2 atom stereocenters. The zero-order valence-electron chi connectivity index (χ0n) is 16.5. The third-order valence-electron chi connectivity index (χ3n) is 4.86. The zero-order valence-corrected chi connectivity index (χ0v) is 16.5. The van der Waals surface area contributed by atoms with E-state index < -0.39 is 0 Å². The van der Waals surface area contributed by atoms with E-state index in [2.05, 4.69) is 59.8 Å². The van der Waals surface area contributed by atoms with Crippen LogP contribution in [0.5, 0.6) is 0 Å². The average molecular weight is 361 g/mol. The van der Waals surface area contributed by atoms with Gasteiger partial charge in [0.1, 0.15) is 12.2 Å². The van der Waals surface area contributed by atoms with Crippen LogP contribution in [0.25, 0.3) is 0 Å². The Labute approximate surface area is 161 Å². The van der Waals surface area contributed by atoms with Gasteiger partial charge < -0.3 is 0 Å². The molecule has 0 fully saturated rings. The van der Waals surface area contributed by atoms with Crippen molar-refractivity contribution < 1.29 is 0 Å². The van der Waals surface area contributed by atoms with Gasteiger partial charge in [-0.05, 0) is 54.0 Å². The first-order valence-electron chi connectivity index (χ1n) is 9.54. The van der Waals surface area contributed by atoms with Gasteiger partial charge in [-0.2, -0.15) is 0 Å². The van der Waals surface area contributed by atoms with Crippen LogP contribution < -0.4 is 0 Å². The molecule has 0 spiro atoms. The first-order chi connectivity index (χ1) is 13.0. The second-order valence-electron chi connectivity index (χ2n) is 7.52. The number of nitrogens with zero attached hydrogens (tertiary/aromatic N) is 5. The van der Waals surface area contributed by atoms with Gasteiger partial charge in [-0.15, -0.1) is 0 Å². The van der Waals surface area contributed by atoms with Crippen LogP contribution in [0.4, 0.5) is 0 Å². The highest BCUT2D eigenvalue weighted by Gasteiger charge is 2.14. The minimum Gasteiger partial charge on any atom is -0.261 e. The standard InChI is InChI=1S/C22H27N5/c1-15(2)18-5-7-25-21(11-18)10-17(4)22-26-8-6-20(27-22)9-16(3)19-12-23-14-24-13-19/h5-8,11-17H,9-10H2,1-4H3. The van der Waals surface area contributed by atoms with Gasteiger partial charge in [0, 0.05) is 42.1 Å². The molecule has 0 aliphatic carbocycles. The quantitative estimate of drug-likeness (QED) is 0.621. The van der Waals surface area contributed by atoms with Gasteiger partial charge in [0.15, 0.2) is 0 Å². The third-order valence-corrected chi connectivity index (χ3v) is 4.86. The SMILES string of the molecule is CC(C)c1ccnc(CC(C)c2nccc(CC(C)c3cncnc3)n2)c1. The first-order valence-corrected chi connectivity index (χ1v) is 9.54. The molecular weight excluding hydrogens is 334 g/mol. The van der Waals surface area contributed by atoms with Crippen LogP contribution in [0.15, 0.2) is 49.3 Å². The molecule has 2 unspecified atom stereocenters. The molecule has 5 nitrogen and oxygen atoms in total. The summed E-state index contributed by atoms with van der Waals surface area (Å²) >= 11 is 0. The van der Waals surface area contributed by atoms with Gasteiger partial charge >= 0.3 is 0 Å². The number of rotatable bonds is 7. The maximum Gasteiger partial charge on any atom is 0.131 e. The van der Waals surface area contributed by atoms with E-state index in [1.54, 1.807) is 6.33 Å². The van der Waals surface area contributed by atoms with E-state index in [1.165, 1.54) is 5.56 Å². The van der Waals surface area contributed by atoms with E-state index in [1.807, 2.05) is 30.9 Å². The third kappa shape index (κ3) is 5.16. The Hall–Kier alpha value is -2.69. The predicted molar refractivity (Wildman–Crippen MR) is 107 cm³/mol. The van der Waals surface area contributed by atoms with E-state index in [-0.39, 0.29) is 5.92 Å². The molecule has 3 heterocycles. The van der Waals surface area contributed by atoms with Crippen LogP contribution in [0.2, 0.25) is 0 Å². The highest BCUT2D eigenvalue weighted by molar-refractivity contribution is 5.21. The first kappa shape index (κ1) is 19.1. The lowest BCUT2D eigenvalue weighted by atomic mass is 9.98. The largest absolute Gasteiger partial charge is 0.261 e. The summed E-state index contributed by atoms with van der Waals surface area (Å²) in [7, 11) is 0. The molecule has 0 aliphatic rings. The van der Waals surface area contributed by atoms with Crippen molar-refractivity contribution in [2.75, 3.05) is 0 Å². The Morgan fingerprint density at radius 1 is 0.778 bits per heavy atom. The summed E-state index contributed by atoms with van der Waals surface area (Å²) in [5.74, 6) is 1.91. The van der Waals surface area contributed by atoms with Crippen molar-refractivity contribution >= 4 is 0 Å². The fraction of sp³-hybridized carbons (Fsp3) is 0.409. The summed E-state index contributed by atoms with van der Waals surface area (Å²) < 4.78 is 0. The monoisotopic (exact) mass is 361 g/mol. The lowest BCUT2D eigenvalue weighted by Gasteiger charge is -2.14. The van der Waals surface area contributed by atoms with E-state index in [0.29, 0.717) is 11.8 Å². The molecule has 5 heteroatoms. The number of pyridine rings is 1. The summed E-state index contributed by atoms with van der Waals surface area (Å²) in [5, 5.41) is 0. The van der Waals surface area contributed by atoms with Crippen molar-refractivity contribution in [2.24, 2.45) is 0 Å². The van der Waals surface area contributed by atoms with Crippen LogP contribution in [-0.2, 0) is 12.8 Å². The van der Waals surface area contributed by atoms with Gasteiger partial charge in [-0.25, -0.2) is 19.9 Å². The molecule has 140 valence electrons. The molecule has 0 saturated carbocycles. The van der Waals surface area contributed by atoms with Gasteiger partial charge in [0.05, 0.1) is 0 Å². The van der Waals surface area contributed by atoms with Gasteiger partial charge in [0.2, 0.25) is 0 Å². The van der Waals surface area contributed by atoms with Crippen LogP contribution in [0.1, 0.15) is 73.8 Å². The molecule has 0 aliphatic heterocycles. The molecule has 0 saturated heterocycles. The molecule has 0 aromatic carbocycles. The second kappa shape index (κ2) is 8.80. The summed E-state index contributed by atoms with van der Waals surface area (Å²) in [6.07, 6.45) is 10.7. The van der Waals surface area contributed by atoms with Crippen molar-refractivity contribution in [3.63, 3.8) is 0 Å². The van der Waals surface area contributed by atoms with Crippen LogP contribution >= 0.6 is 0 Å². The molecule has 0 bridgehead atoms. The molecule has 3 rings (SSSR count). The van der Waals surface area contributed by atoms with Gasteiger partial charge in [-0.1, -0.05) is 27.7 Å². The van der Waals surface area contributed by atoms with Crippen molar-refractivity contribution in [1.82, 2.24) is 24.9 Å². The predicted octanol–water partition coefficient (Wildman–Crippen LogP) is 4.48. The molecule has 0 N–H and O–H groups in total. The molecule has 0 radical (unpaired) electrons. The second-order valence-corrected chi connectivity index (χ2v) is 7.52. The fourth-order valence-electron chi connectivity index (χ4n) is 3.13. The van der Waals surface area contributed by atoms with Crippen LogP contribution in [0, 0.1) is 0 Å². The van der Waals surface area contributed by atoms with Gasteiger partial charge in [0.25, 0.3) is 0 Å². The van der Waals surface area contributed by atoms with Crippen molar-refractivity contribution in [1.29, 1.82) is 0 Å². The normalized spacial score (nSPS) is 13.5. The lowest BCUT2D eigenvalue weighted by Crippen LogP contribution is -2.09. The van der Waals surface area contributed by atoms with Crippen LogP contribution in [-0.4, -0.2) is 24.9 Å². The van der Waals surface area contributed by atoms with E-state index in [0.717, 1.165) is 35.6 Å². The Kier molecular flexibility index (Phi) is 6.22. The van der Waals surface area contributed by atoms with E-state index >= 15 is 0 Å². The highest BCUT2D eigenvalue weighted by atomic mass is 14.9. The summed E-state index contributed by atoms with van der Waals surface area (Å²) in [6, 6.07) is 6.28. The summed E-state index contributed by atoms with van der Waals surface area (Å²) in [5.41, 5.74) is 4.59. The molecule has 3 aromatic rings. The number of hydrogen-bond donors (Lipinski definition) is 0. The topological polar surface area (TPSA) is 64.5 Å². The van der Waals surface area contributed by atoms with Gasteiger partial charge in [-0.3, -0.25) is 4.98 Å². The number of hydrogen-bond acceptors (Lipinski definition) is 5. The Balaban J connectivity index is 1.70. The minimum atomic E-state index is 0.218. The van der Waals surface area contributed by atoms with Crippen LogP contribution in [0.3, 0.4) is 0 Å². The van der Waals surface area contributed by atoms with E-state index in [4.69, 9.17) is 4.98 Å². The van der Waals surface area contributed by atoms with Crippen molar-refractivity contribution in [2.45, 2.75) is 58.3 Å². The Morgan fingerprint density at radius 2 is 1.48 bits per heavy atom. The lowest BCUT2D eigenvalue weighted by molar-refractivity contribution is 0.661. The summed E-state index contributed by atoms with van der Waals surface area (Å²) in [4.78, 5) is 22.1. The highest BCUT2D eigenvalue weighted by Crippen LogP contribution is 2.21. The Bertz CT molecular complexity index is 863. The molecule has 27 heavy (non-hydrogen) atoms. The summed E-state index contributed by atoms with van der Waals surface area (Å²) in [6.45, 7) is 8.74.